The SMILES string of the molecule is CC(C)c1ccnc(N2CC[C@@H]3CCN(C(=O)c4ccccc4-n4nccn4)C[C@@H]32)c1C#N. The molecular formula is C25H27N7O. The number of nitrogens with zero attached hydrogens (tertiary/aromatic N) is 7. The van der Waals surface area contributed by atoms with Gasteiger partial charge in [0.2, 0.25) is 0 Å². The molecular weight excluding hydrogens is 414 g/mol. The number of nitriles is 1. The molecule has 8 nitrogen and oxygen atoms in total. The van der Waals surface area contributed by atoms with Gasteiger partial charge in [-0.15, -0.1) is 0 Å². The van der Waals surface area contributed by atoms with Crippen LogP contribution in [0.4, 0.5) is 5.82 Å². The Balaban J connectivity index is 1.43. The van der Waals surface area contributed by atoms with Crippen molar-refractivity contribution in [3.05, 3.63) is 65.6 Å². The summed E-state index contributed by atoms with van der Waals surface area (Å²) >= 11 is 0. The number of amides is 1. The Hall–Kier alpha value is -3.73. The molecule has 0 spiro atoms. The topological polar surface area (TPSA) is 90.9 Å². The van der Waals surface area contributed by atoms with Crippen molar-refractivity contribution >= 4 is 11.7 Å². The van der Waals surface area contributed by atoms with Crippen molar-refractivity contribution in [1.82, 2.24) is 24.9 Å². The molecule has 5 rings (SSSR count). The molecule has 0 unspecified atom stereocenters. The Morgan fingerprint density at radius 3 is 2.61 bits per heavy atom. The molecule has 2 aliphatic rings. The molecule has 2 atom stereocenters. The fourth-order valence-corrected chi connectivity index (χ4v) is 5.21. The van der Waals surface area contributed by atoms with Crippen LogP contribution in [0, 0.1) is 17.2 Å². The van der Waals surface area contributed by atoms with Crippen LogP contribution >= 0.6 is 0 Å². The van der Waals surface area contributed by atoms with E-state index < -0.39 is 0 Å². The standard InChI is InChI=1S/C25H27N7O/c1-17(2)19-7-10-27-24(21(19)15-26)31-14-9-18-8-13-30(16-23(18)31)25(33)20-5-3-4-6-22(20)32-28-11-12-29-32/h3-7,10-12,17-18,23H,8-9,13-14,16H2,1-2H3/t18-,23-/m0/s1. The third kappa shape index (κ3) is 3.74. The van der Waals surface area contributed by atoms with Crippen molar-refractivity contribution in [3.63, 3.8) is 0 Å². The number of benzene rings is 1. The minimum atomic E-state index is -0.0161. The predicted octanol–water partition coefficient (Wildman–Crippen LogP) is 3.40. The lowest BCUT2D eigenvalue weighted by molar-refractivity contribution is 0.0678. The Morgan fingerprint density at radius 2 is 1.85 bits per heavy atom. The van der Waals surface area contributed by atoms with Crippen molar-refractivity contribution in [3.8, 4) is 11.8 Å². The molecule has 2 saturated heterocycles. The second-order valence-electron chi connectivity index (χ2n) is 9.05. The van der Waals surface area contributed by atoms with E-state index in [1.165, 1.54) is 4.80 Å². The van der Waals surface area contributed by atoms with E-state index in [-0.39, 0.29) is 17.9 Å². The fourth-order valence-electron chi connectivity index (χ4n) is 5.21. The second-order valence-corrected chi connectivity index (χ2v) is 9.05. The second kappa shape index (κ2) is 8.66. The van der Waals surface area contributed by atoms with Crippen LogP contribution in [0.5, 0.6) is 0 Å². The quantitative estimate of drug-likeness (QED) is 0.616. The molecule has 0 N–H and O–H groups in total. The molecule has 1 aromatic carbocycles. The summed E-state index contributed by atoms with van der Waals surface area (Å²) in [7, 11) is 0. The van der Waals surface area contributed by atoms with Gasteiger partial charge in [-0.3, -0.25) is 4.79 Å². The van der Waals surface area contributed by atoms with E-state index in [1.807, 2.05) is 35.2 Å². The molecule has 8 heteroatoms. The molecule has 2 aromatic heterocycles. The van der Waals surface area contributed by atoms with E-state index >= 15 is 0 Å². The normalized spacial score (nSPS) is 20.1. The van der Waals surface area contributed by atoms with Gasteiger partial charge in [0.1, 0.15) is 11.9 Å². The summed E-state index contributed by atoms with van der Waals surface area (Å²) in [4.78, 5) is 23.9. The summed E-state index contributed by atoms with van der Waals surface area (Å²) in [5, 5.41) is 18.3. The van der Waals surface area contributed by atoms with Crippen molar-refractivity contribution in [2.24, 2.45) is 5.92 Å². The molecule has 168 valence electrons. The highest BCUT2D eigenvalue weighted by molar-refractivity contribution is 5.97. The van der Waals surface area contributed by atoms with Gasteiger partial charge in [0, 0.05) is 25.8 Å². The lowest BCUT2D eigenvalue weighted by Gasteiger charge is -2.39. The maximum atomic E-state index is 13.6. The zero-order chi connectivity index (χ0) is 22.9. The lowest BCUT2D eigenvalue weighted by Crippen LogP contribution is -2.50. The number of carbonyl (C=O) groups is 1. The zero-order valence-corrected chi connectivity index (χ0v) is 18.9. The Kier molecular flexibility index (Phi) is 5.55. The van der Waals surface area contributed by atoms with E-state index in [2.05, 4.69) is 40.0 Å². The number of anilines is 1. The van der Waals surface area contributed by atoms with Crippen LogP contribution in [0.3, 0.4) is 0 Å². The van der Waals surface area contributed by atoms with Gasteiger partial charge < -0.3 is 9.80 Å². The Bertz CT molecular complexity index is 1200. The number of fused-ring (bicyclic) bond motifs is 1. The van der Waals surface area contributed by atoms with Crippen LogP contribution in [-0.4, -0.2) is 56.5 Å². The summed E-state index contributed by atoms with van der Waals surface area (Å²) in [6.45, 7) is 6.38. The molecule has 0 aliphatic carbocycles. The minimum absolute atomic E-state index is 0.0161. The highest BCUT2D eigenvalue weighted by Crippen LogP contribution is 2.37. The number of carbonyl (C=O) groups excluding carboxylic acids is 1. The molecule has 33 heavy (non-hydrogen) atoms. The van der Waals surface area contributed by atoms with Crippen molar-refractivity contribution in [1.29, 1.82) is 5.26 Å². The highest BCUT2D eigenvalue weighted by atomic mass is 16.2. The first-order valence-electron chi connectivity index (χ1n) is 11.5. The average Bonchev–Trinajstić information content (AvgIpc) is 3.53. The van der Waals surface area contributed by atoms with E-state index in [4.69, 9.17) is 0 Å². The van der Waals surface area contributed by atoms with Gasteiger partial charge in [-0.1, -0.05) is 26.0 Å². The molecule has 4 heterocycles. The summed E-state index contributed by atoms with van der Waals surface area (Å²) < 4.78 is 0. The summed E-state index contributed by atoms with van der Waals surface area (Å²) in [6.07, 6.45) is 7.01. The van der Waals surface area contributed by atoms with Crippen molar-refractivity contribution < 1.29 is 4.79 Å². The summed E-state index contributed by atoms with van der Waals surface area (Å²) in [6, 6.07) is 11.9. The number of likely N-dealkylation sites (tertiary alicyclic amines) is 1. The molecule has 1 amide bonds. The van der Waals surface area contributed by atoms with Gasteiger partial charge in [-0.2, -0.15) is 20.3 Å². The Labute approximate surface area is 193 Å². The first-order valence-corrected chi connectivity index (χ1v) is 11.5. The van der Waals surface area contributed by atoms with E-state index in [1.54, 1.807) is 18.6 Å². The van der Waals surface area contributed by atoms with Gasteiger partial charge in [0.15, 0.2) is 0 Å². The lowest BCUT2D eigenvalue weighted by atomic mass is 9.91. The average molecular weight is 442 g/mol. The smallest absolute Gasteiger partial charge is 0.256 e. The minimum Gasteiger partial charge on any atom is -0.350 e. The van der Waals surface area contributed by atoms with Crippen LogP contribution in [0.15, 0.2) is 48.9 Å². The van der Waals surface area contributed by atoms with E-state index in [0.717, 1.165) is 37.3 Å². The van der Waals surface area contributed by atoms with Crippen LogP contribution in [0.1, 0.15) is 54.1 Å². The number of piperidine rings is 1. The molecule has 0 saturated carbocycles. The monoisotopic (exact) mass is 441 g/mol. The maximum absolute atomic E-state index is 13.6. The number of rotatable bonds is 4. The third-order valence-corrected chi connectivity index (χ3v) is 6.89. The van der Waals surface area contributed by atoms with Crippen LogP contribution in [0.2, 0.25) is 0 Å². The number of pyridine rings is 1. The van der Waals surface area contributed by atoms with Gasteiger partial charge in [0.25, 0.3) is 5.91 Å². The fraction of sp³-hybridized carbons (Fsp3) is 0.400. The number of para-hydroxylation sites is 1. The van der Waals surface area contributed by atoms with Crippen LogP contribution in [0.25, 0.3) is 5.69 Å². The first-order chi connectivity index (χ1) is 16.1. The van der Waals surface area contributed by atoms with Gasteiger partial charge in [-0.05, 0) is 48.4 Å². The van der Waals surface area contributed by atoms with Gasteiger partial charge in [0.05, 0.1) is 35.2 Å². The van der Waals surface area contributed by atoms with Crippen LogP contribution in [-0.2, 0) is 0 Å². The first kappa shape index (κ1) is 21.1. The largest absolute Gasteiger partial charge is 0.350 e. The number of aromatic nitrogens is 4. The molecule has 2 aliphatic heterocycles. The maximum Gasteiger partial charge on any atom is 0.256 e. The van der Waals surface area contributed by atoms with Crippen molar-refractivity contribution in [2.75, 3.05) is 24.5 Å². The highest BCUT2D eigenvalue weighted by Gasteiger charge is 2.41. The van der Waals surface area contributed by atoms with Crippen molar-refractivity contribution in [2.45, 2.75) is 38.6 Å². The summed E-state index contributed by atoms with van der Waals surface area (Å²) in [5.74, 6) is 1.48. The third-order valence-electron chi connectivity index (χ3n) is 6.89. The predicted molar refractivity (Wildman–Crippen MR) is 124 cm³/mol. The van der Waals surface area contributed by atoms with Crippen LogP contribution < -0.4 is 4.90 Å². The van der Waals surface area contributed by atoms with E-state index in [0.29, 0.717) is 29.3 Å². The molecule has 3 aromatic rings. The molecule has 0 radical (unpaired) electrons. The number of hydrogen-bond donors (Lipinski definition) is 0. The van der Waals surface area contributed by atoms with Gasteiger partial charge >= 0.3 is 0 Å². The Morgan fingerprint density at radius 1 is 1.09 bits per heavy atom. The van der Waals surface area contributed by atoms with E-state index in [9.17, 15) is 10.1 Å². The zero-order valence-electron chi connectivity index (χ0n) is 18.9. The molecule has 0 bridgehead atoms. The molecule has 2 fully saturated rings. The number of hydrogen-bond acceptors (Lipinski definition) is 6. The van der Waals surface area contributed by atoms with Gasteiger partial charge in [-0.25, -0.2) is 4.98 Å². The summed E-state index contributed by atoms with van der Waals surface area (Å²) in [5.41, 5.74) is 2.95.